The van der Waals surface area contributed by atoms with E-state index in [1.807, 2.05) is 43.3 Å². The molecule has 1 aliphatic heterocycles. The molecule has 0 aromatic heterocycles. The first-order valence-electron chi connectivity index (χ1n) is 9.64. The van der Waals surface area contributed by atoms with Gasteiger partial charge in [-0.25, -0.2) is 4.39 Å². The molecule has 1 saturated heterocycles. The van der Waals surface area contributed by atoms with Crippen LogP contribution in [0.5, 0.6) is 0 Å². The van der Waals surface area contributed by atoms with Gasteiger partial charge in [0.25, 0.3) is 0 Å². The molecule has 1 fully saturated rings. The summed E-state index contributed by atoms with van der Waals surface area (Å²) in [6, 6.07) is 20.5. The molecule has 0 aliphatic carbocycles. The fourth-order valence-corrected chi connectivity index (χ4v) is 3.70. The molecule has 4 nitrogen and oxygen atoms in total. The van der Waals surface area contributed by atoms with Gasteiger partial charge in [0.05, 0.1) is 6.04 Å². The Kier molecular flexibility index (Phi) is 5.26. The van der Waals surface area contributed by atoms with Crippen LogP contribution in [-0.2, 0) is 4.79 Å². The zero-order valence-electron chi connectivity index (χ0n) is 15.9. The average Bonchev–Trinajstić information content (AvgIpc) is 2.74. The van der Waals surface area contributed by atoms with Gasteiger partial charge >= 0.3 is 0 Å². The van der Waals surface area contributed by atoms with Crippen molar-refractivity contribution in [1.82, 2.24) is 4.90 Å². The van der Waals surface area contributed by atoms with Crippen molar-refractivity contribution in [2.24, 2.45) is 0 Å². The molecule has 1 aliphatic rings. The van der Waals surface area contributed by atoms with Crippen LogP contribution >= 0.6 is 0 Å². The zero-order chi connectivity index (χ0) is 19.5. The van der Waals surface area contributed by atoms with Gasteiger partial charge in [0, 0.05) is 37.6 Å². The predicted molar refractivity (Wildman–Crippen MR) is 112 cm³/mol. The number of amides is 1. The van der Waals surface area contributed by atoms with E-state index in [4.69, 9.17) is 0 Å². The molecule has 3 aromatic carbocycles. The number of carbonyl (C=O) groups excluding carboxylic acids is 1. The maximum atomic E-state index is 13.1. The third kappa shape index (κ3) is 3.99. The van der Waals surface area contributed by atoms with E-state index in [9.17, 15) is 9.18 Å². The minimum atomic E-state index is -0.221. The third-order valence-corrected chi connectivity index (χ3v) is 5.45. The van der Waals surface area contributed by atoms with Gasteiger partial charge in [-0.15, -0.1) is 0 Å². The minimum Gasteiger partial charge on any atom is -0.369 e. The average molecular weight is 377 g/mol. The van der Waals surface area contributed by atoms with Gasteiger partial charge in [-0.05, 0) is 54.1 Å². The minimum absolute atomic E-state index is 0.00510. The first kappa shape index (κ1) is 18.4. The maximum absolute atomic E-state index is 13.1. The fraction of sp³-hybridized carbons (Fsp3) is 0.261. The number of nitrogens with zero attached hydrogens (tertiary/aromatic N) is 2. The van der Waals surface area contributed by atoms with Crippen LogP contribution in [0.3, 0.4) is 0 Å². The summed E-state index contributed by atoms with van der Waals surface area (Å²) in [4.78, 5) is 17.1. The Labute approximate surface area is 164 Å². The van der Waals surface area contributed by atoms with E-state index < -0.39 is 0 Å². The Balaban J connectivity index is 1.35. The molecule has 3 aromatic rings. The number of hydrogen-bond donors (Lipinski definition) is 1. The smallest absolute Gasteiger partial charge is 0.241 e. The summed E-state index contributed by atoms with van der Waals surface area (Å²) in [6.07, 6.45) is 0. The number of piperazine rings is 1. The van der Waals surface area contributed by atoms with Crippen LogP contribution in [0.25, 0.3) is 10.8 Å². The van der Waals surface area contributed by atoms with E-state index in [0.29, 0.717) is 0 Å². The molecule has 4 rings (SSSR count). The van der Waals surface area contributed by atoms with Crippen molar-refractivity contribution in [3.8, 4) is 0 Å². The topological polar surface area (TPSA) is 35.6 Å². The van der Waals surface area contributed by atoms with Crippen LogP contribution in [0, 0.1) is 5.82 Å². The number of nitrogens with one attached hydrogen (secondary N) is 1. The second-order valence-electron chi connectivity index (χ2n) is 7.23. The Morgan fingerprint density at radius 3 is 2.32 bits per heavy atom. The van der Waals surface area contributed by atoms with Gasteiger partial charge in [0.1, 0.15) is 5.82 Å². The highest BCUT2D eigenvalue weighted by Crippen LogP contribution is 2.20. The number of fused-ring (bicyclic) bond motifs is 1. The van der Waals surface area contributed by atoms with Gasteiger partial charge in [-0.2, -0.15) is 0 Å². The number of halogens is 1. The first-order valence-corrected chi connectivity index (χ1v) is 9.64. The molecule has 5 heteroatoms. The summed E-state index contributed by atoms with van der Waals surface area (Å²) in [5, 5.41) is 5.31. The van der Waals surface area contributed by atoms with E-state index in [0.717, 1.165) is 48.3 Å². The second-order valence-corrected chi connectivity index (χ2v) is 7.23. The van der Waals surface area contributed by atoms with Gasteiger partial charge < -0.3 is 10.2 Å². The van der Waals surface area contributed by atoms with E-state index in [-0.39, 0.29) is 17.8 Å². The van der Waals surface area contributed by atoms with Crippen molar-refractivity contribution in [1.29, 1.82) is 0 Å². The number of anilines is 2. The first-order chi connectivity index (χ1) is 13.6. The predicted octanol–water partition coefficient (Wildman–Crippen LogP) is 4.13. The molecule has 1 atom stereocenters. The Bertz CT molecular complexity index is 965. The van der Waals surface area contributed by atoms with E-state index in [2.05, 4.69) is 21.2 Å². The molecule has 0 radical (unpaired) electrons. The molecule has 144 valence electrons. The van der Waals surface area contributed by atoms with Crippen molar-refractivity contribution >= 4 is 28.1 Å². The molecule has 0 unspecified atom stereocenters. The molecular weight excluding hydrogens is 353 g/mol. The molecule has 0 saturated carbocycles. The normalized spacial score (nSPS) is 16.1. The van der Waals surface area contributed by atoms with Crippen molar-refractivity contribution in [2.45, 2.75) is 13.0 Å². The zero-order valence-corrected chi connectivity index (χ0v) is 15.9. The van der Waals surface area contributed by atoms with Crippen LogP contribution in [0.1, 0.15) is 6.92 Å². The molecule has 1 N–H and O–H groups in total. The molecule has 0 bridgehead atoms. The largest absolute Gasteiger partial charge is 0.369 e. The summed E-state index contributed by atoms with van der Waals surface area (Å²) in [5.41, 5.74) is 1.84. The monoisotopic (exact) mass is 377 g/mol. The van der Waals surface area contributed by atoms with Gasteiger partial charge in [0.15, 0.2) is 0 Å². The fourth-order valence-electron chi connectivity index (χ4n) is 3.70. The Morgan fingerprint density at radius 2 is 1.61 bits per heavy atom. The van der Waals surface area contributed by atoms with Gasteiger partial charge in [0.2, 0.25) is 5.91 Å². The highest BCUT2D eigenvalue weighted by atomic mass is 19.1. The van der Waals surface area contributed by atoms with Crippen molar-refractivity contribution in [3.63, 3.8) is 0 Å². The summed E-state index contributed by atoms with van der Waals surface area (Å²) in [5.74, 6) is -0.216. The van der Waals surface area contributed by atoms with E-state index >= 15 is 0 Å². The third-order valence-electron chi connectivity index (χ3n) is 5.45. The van der Waals surface area contributed by atoms with E-state index in [1.54, 1.807) is 12.1 Å². The molecule has 1 heterocycles. The molecule has 0 spiro atoms. The van der Waals surface area contributed by atoms with E-state index in [1.165, 1.54) is 12.1 Å². The van der Waals surface area contributed by atoms with Crippen LogP contribution in [0.4, 0.5) is 15.8 Å². The van der Waals surface area contributed by atoms with Crippen LogP contribution < -0.4 is 10.2 Å². The van der Waals surface area contributed by atoms with Crippen LogP contribution in [0.15, 0.2) is 66.7 Å². The number of benzene rings is 3. The highest BCUT2D eigenvalue weighted by molar-refractivity contribution is 5.97. The standard InChI is InChI=1S/C23H24FN3O/c1-17(23(28)25-21-9-6-18-4-2-3-5-19(18)16-21)26-12-14-27(15-13-26)22-10-7-20(24)8-11-22/h2-11,16-17H,12-15H2,1H3,(H,25,28)/t17-/m0/s1. The quantitative estimate of drug-likeness (QED) is 0.743. The van der Waals surface area contributed by atoms with Crippen molar-refractivity contribution < 1.29 is 9.18 Å². The lowest BCUT2D eigenvalue weighted by molar-refractivity contribution is -0.120. The molecule has 28 heavy (non-hydrogen) atoms. The van der Waals surface area contributed by atoms with Gasteiger partial charge in [-0.1, -0.05) is 30.3 Å². The molecule has 1 amide bonds. The van der Waals surface area contributed by atoms with Crippen molar-refractivity contribution in [2.75, 3.05) is 36.4 Å². The van der Waals surface area contributed by atoms with Crippen molar-refractivity contribution in [3.05, 3.63) is 72.5 Å². The van der Waals surface area contributed by atoms with Crippen LogP contribution in [-0.4, -0.2) is 43.0 Å². The Morgan fingerprint density at radius 1 is 0.929 bits per heavy atom. The SMILES string of the molecule is C[C@@H](C(=O)Nc1ccc2ccccc2c1)N1CCN(c2ccc(F)cc2)CC1. The maximum Gasteiger partial charge on any atom is 0.241 e. The molecular formula is C23H24FN3O. The summed E-state index contributed by atoms with van der Waals surface area (Å²) >= 11 is 0. The lowest BCUT2D eigenvalue weighted by Gasteiger charge is -2.38. The summed E-state index contributed by atoms with van der Waals surface area (Å²) in [6.45, 7) is 5.18. The summed E-state index contributed by atoms with van der Waals surface area (Å²) in [7, 11) is 0. The number of rotatable bonds is 4. The number of carbonyl (C=O) groups is 1. The number of hydrogen-bond acceptors (Lipinski definition) is 3. The summed E-state index contributed by atoms with van der Waals surface area (Å²) < 4.78 is 13.1. The van der Waals surface area contributed by atoms with Crippen LogP contribution in [0.2, 0.25) is 0 Å². The lowest BCUT2D eigenvalue weighted by Crippen LogP contribution is -2.52. The Hall–Kier alpha value is -2.92. The second kappa shape index (κ2) is 7.98. The van der Waals surface area contributed by atoms with Gasteiger partial charge in [-0.3, -0.25) is 9.69 Å². The lowest BCUT2D eigenvalue weighted by atomic mass is 10.1. The highest BCUT2D eigenvalue weighted by Gasteiger charge is 2.25.